The summed E-state index contributed by atoms with van der Waals surface area (Å²) in [4.78, 5) is 17.9. The number of aryl methyl sites for hydroxylation is 2. The molecule has 0 bridgehead atoms. The van der Waals surface area contributed by atoms with Gasteiger partial charge in [0.1, 0.15) is 0 Å². The summed E-state index contributed by atoms with van der Waals surface area (Å²) in [7, 11) is 0. The highest BCUT2D eigenvalue weighted by Crippen LogP contribution is 2.14. The maximum absolute atomic E-state index is 11.0. The summed E-state index contributed by atoms with van der Waals surface area (Å²) in [5, 5.41) is 3.92. The molecule has 0 fully saturated rings. The standard InChI is InChI=1S/C15H13N3O2/c19-13-8-7-12(10-16-13)15-17-14(20-18-15)9-6-11-4-2-1-3-5-11/h1-5,7-8,10H,6,9H2,(H,16,19). The summed E-state index contributed by atoms with van der Waals surface area (Å²) in [6.45, 7) is 0. The van der Waals surface area contributed by atoms with Gasteiger partial charge in [0.15, 0.2) is 0 Å². The molecular weight excluding hydrogens is 254 g/mol. The third-order valence-corrected chi connectivity index (χ3v) is 2.98. The Morgan fingerprint density at radius 1 is 1.05 bits per heavy atom. The number of hydrogen-bond acceptors (Lipinski definition) is 4. The third kappa shape index (κ3) is 2.83. The maximum Gasteiger partial charge on any atom is 0.247 e. The molecule has 20 heavy (non-hydrogen) atoms. The van der Waals surface area contributed by atoms with Gasteiger partial charge >= 0.3 is 0 Å². The SMILES string of the molecule is O=c1ccc(-c2noc(CCc3ccccc3)n2)c[nH]1. The van der Waals surface area contributed by atoms with Gasteiger partial charge in [-0.05, 0) is 18.1 Å². The molecular formula is C15H13N3O2. The monoisotopic (exact) mass is 267 g/mol. The van der Waals surface area contributed by atoms with E-state index in [-0.39, 0.29) is 5.56 Å². The summed E-state index contributed by atoms with van der Waals surface area (Å²) in [5.41, 5.74) is 1.82. The molecule has 0 spiro atoms. The quantitative estimate of drug-likeness (QED) is 0.786. The largest absolute Gasteiger partial charge is 0.339 e. The Morgan fingerprint density at radius 3 is 2.65 bits per heavy atom. The van der Waals surface area contributed by atoms with Crippen LogP contribution < -0.4 is 5.56 Å². The van der Waals surface area contributed by atoms with Crippen LogP contribution in [0.4, 0.5) is 0 Å². The van der Waals surface area contributed by atoms with Crippen LogP contribution in [-0.4, -0.2) is 15.1 Å². The molecule has 1 N–H and O–H groups in total. The van der Waals surface area contributed by atoms with Crippen molar-refractivity contribution in [3.8, 4) is 11.4 Å². The minimum atomic E-state index is -0.151. The molecule has 0 aliphatic heterocycles. The lowest BCUT2D eigenvalue weighted by Crippen LogP contribution is -2.01. The summed E-state index contributed by atoms with van der Waals surface area (Å²) in [6, 6.07) is 13.3. The number of nitrogens with one attached hydrogen (secondary N) is 1. The first kappa shape index (κ1) is 12.3. The number of H-pyrrole nitrogens is 1. The van der Waals surface area contributed by atoms with Crippen LogP contribution in [0.2, 0.25) is 0 Å². The fourth-order valence-corrected chi connectivity index (χ4v) is 1.92. The van der Waals surface area contributed by atoms with Crippen LogP contribution in [0.25, 0.3) is 11.4 Å². The van der Waals surface area contributed by atoms with Crippen LogP contribution in [-0.2, 0) is 12.8 Å². The Morgan fingerprint density at radius 2 is 1.90 bits per heavy atom. The highest BCUT2D eigenvalue weighted by atomic mass is 16.5. The Labute approximate surface area is 115 Å². The molecule has 0 amide bonds. The molecule has 0 unspecified atom stereocenters. The van der Waals surface area contributed by atoms with Crippen LogP contribution in [0.5, 0.6) is 0 Å². The normalized spacial score (nSPS) is 10.6. The zero-order valence-corrected chi connectivity index (χ0v) is 10.7. The van der Waals surface area contributed by atoms with Gasteiger partial charge in [-0.25, -0.2) is 0 Å². The van der Waals surface area contributed by atoms with Crippen molar-refractivity contribution in [2.45, 2.75) is 12.8 Å². The average molecular weight is 267 g/mol. The highest BCUT2D eigenvalue weighted by Gasteiger charge is 2.08. The third-order valence-electron chi connectivity index (χ3n) is 2.98. The molecule has 0 aliphatic rings. The number of hydrogen-bond donors (Lipinski definition) is 1. The molecule has 0 saturated carbocycles. The van der Waals surface area contributed by atoms with Crippen molar-refractivity contribution in [1.29, 1.82) is 0 Å². The fourth-order valence-electron chi connectivity index (χ4n) is 1.92. The lowest BCUT2D eigenvalue weighted by molar-refractivity contribution is 0.379. The van der Waals surface area contributed by atoms with Crippen LogP contribution in [0.1, 0.15) is 11.5 Å². The minimum Gasteiger partial charge on any atom is -0.339 e. The molecule has 0 saturated heterocycles. The van der Waals surface area contributed by atoms with E-state index in [1.54, 1.807) is 12.3 Å². The molecule has 0 atom stereocenters. The second-order valence-corrected chi connectivity index (χ2v) is 4.44. The van der Waals surface area contributed by atoms with Gasteiger partial charge in [0, 0.05) is 24.2 Å². The van der Waals surface area contributed by atoms with Gasteiger partial charge in [-0.3, -0.25) is 4.79 Å². The molecule has 5 nitrogen and oxygen atoms in total. The first-order valence-electron chi connectivity index (χ1n) is 6.37. The molecule has 3 rings (SSSR count). The van der Waals surface area contributed by atoms with Crippen molar-refractivity contribution in [2.75, 3.05) is 0 Å². The Kier molecular flexibility index (Phi) is 3.41. The number of benzene rings is 1. The number of rotatable bonds is 4. The smallest absolute Gasteiger partial charge is 0.247 e. The molecule has 3 aromatic rings. The van der Waals surface area contributed by atoms with E-state index >= 15 is 0 Å². The first-order chi connectivity index (χ1) is 9.81. The van der Waals surface area contributed by atoms with E-state index in [2.05, 4.69) is 27.3 Å². The predicted molar refractivity (Wildman–Crippen MR) is 74.2 cm³/mol. The van der Waals surface area contributed by atoms with Gasteiger partial charge in [-0.2, -0.15) is 4.98 Å². The summed E-state index contributed by atoms with van der Waals surface area (Å²) < 4.78 is 5.22. The fraction of sp³-hybridized carbons (Fsp3) is 0.133. The Balaban J connectivity index is 1.71. The number of nitrogens with zero attached hydrogens (tertiary/aromatic N) is 2. The predicted octanol–water partition coefficient (Wildman–Crippen LogP) is 2.21. The molecule has 100 valence electrons. The van der Waals surface area contributed by atoms with Gasteiger partial charge in [0.2, 0.25) is 17.3 Å². The van der Waals surface area contributed by atoms with Crippen molar-refractivity contribution < 1.29 is 4.52 Å². The number of aromatic amines is 1. The molecule has 5 heteroatoms. The first-order valence-corrected chi connectivity index (χ1v) is 6.37. The van der Waals surface area contributed by atoms with Crippen molar-refractivity contribution in [3.63, 3.8) is 0 Å². The van der Waals surface area contributed by atoms with Crippen molar-refractivity contribution in [1.82, 2.24) is 15.1 Å². The number of aromatic nitrogens is 3. The van der Waals surface area contributed by atoms with Gasteiger partial charge < -0.3 is 9.51 Å². The van der Waals surface area contributed by atoms with E-state index < -0.39 is 0 Å². The molecule has 0 radical (unpaired) electrons. The molecule has 0 aliphatic carbocycles. The van der Waals surface area contributed by atoms with Crippen LogP contribution >= 0.6 is 0 Å². The Hall–Kier alpha value is -2.69. The molecule has 2 heterocycles. The van der Waals surface area contributed by atoms with E-state index in [1.807, 2.05) is 18.2 Å². The maximum atomic E-state index is 11.0. The van der Waals surface area contributed by atoms with Crippen LogP contribution in [0, 0.1) is 0 Å². The van der Waals surface area contributed by atoms with E-state index in [0.717, 1.165) is 12.0 Å². The average Bonchev–Trinajstić information content (AvgIpc) is 2.96. The summed E-state index contributed by atoms with van der Waals surface area (Å²) in [5.74, 6) is 1.08. The van der Waals surface area contributed by atoms with E-state index in [0.29, 0.717) is 18.1 Å². The highest BCUT2D eigenvalue weighted by molar-refractivity contribution is 5.51. The lowest BCUT2D eigenvalue weighted by atomic mass is 10.1. The summed E-state index contributed by atoms with van der Waals surface area (Å²) >= 11 is 0. The van der Waals surface area contributed by atoms with Gasteiger partial charge in [-0.15, -0.1) is 0 Å². The van der Waals surface area contributed by atoms with Crippen molar-refractivity contribution in [2.24, 2.45) is 0 Å². The topological polar surface area (TPSA) is 71.8 Å². The minimum absolute atomic E-state index is 0.151. The van der Waals surface area contributed by atoms with E-state index in [1.165, 1.54) is 11.6 Å². The van der Waals surface area contributed by atoms with Gasteiger partial charge in [0.25, 0.3) is 0 Å². The van der Waals surface area contributed by atoms with Gasteiger partial charge in [0.05, 0.1) is 0 Å². The van der Waals surface area contributed by atoms with Crippen molar-refractivity contribution in [3.05, 3.63) is 70.5 Å². The summed E-state index contributed by atoms with van der Waals surface area (Å²) in [6.07, 6.45) is 3.13. The number of pyridine rings is 1. The zero-order valence-electron chi connectivity index (χ0n) is 10.7. The van der Waals surface area contributed by atoms with Gasteiger partial charge in [-0.1, -0.05) is 35.5 Å². The van der Waals surface area contributed by atoms with E-state index in [4.69, 9.17) is 4.52 Å². The van der Waals surface area contributed by atoms with Crippen LogP contribution in [0.15, 0.2) is 58.0 Å². The Bertz CT molecular complexity index is 727. The second-order valence-electron chi connectivity index (χ2n) is 4.44. The molecule has 2 aromatic heterocycles. The zero-order chi connectivity index (χ0) is 13.8. The van der Waals surface area contributed by atoms with Crippen LogP contribution in [0.3, 0.4) is 0 Å². The van der Waals surface area contributed by atoms with Crippen molar-refractivity contribution >= 4 is 0 Å². The molecule has 1 aromatic carbocycles. The lowest BCUT2D eigenvalue weighted by Gasteiger charge is -1.96. The van der Waals surface area contributed by atoms with E-state index in [9.17, 15) is 4.79 Å². The second kappa shape index (κ2) is 5.52.